The lowest BCUT2D eigenvalue weighted by molar-refractivity contribution is -0.113. The lowest BCUT2D eigenvalue weighted by Gasteiger charge is -2.29. The molecule has 2 heterocycles. The Balaban J connectivity index is 1.43. The molecule has 0 saturated heterocycles. The highest BCUT2D eigenvalue weighted by atomic mass is 16.5. The monoisotopic (exact) mass is 465 g/mol. The normalized spacial score (nSPS) is 14.8. The molecule has 176 valence electrons. The van der Waals surface area contributed by atoms with Crippen LogP contribution in [0.25, 0.3) is 0 Å². The maximum atomic E-state index is 13.6. The molecule has 5 rings (SSSR count). The van der Waals surface area contributed by atoms with Gasteiger partial charge in [-0.3, -0.25) is 4.79 Å². The fourth-order valence-electron chi connectivity index (χ4n) is 4.32. The van der Waals surface area contributed by atoms with E-state index in [1.807, 2.05) is 87.5 Å². The molecule has 3 aromatic carbocycles. The summed E-state index contributed by atoms with van der Waals surface area (Å²) in [7, 11) is 0. The zero-order valence-electron chi connectivity index (χ0n) is 19.9. The SMILES string of the molecule is CC1=C(C(=O)Nc2ccc(C)cc2C)[C@@H](c2ccc(OCc3ccccc3)cc2)n2ncnc2N1. The quantitative estimate of drug-likeness (QED) is 0.398. The Labute approximate surface area is 204 Å². The molecule has 0 spiro atoms. The number of benzene rings is 3. The van der Waals surface area contributed by atoms with Gasteiger partial charge in [-0.25, -0.2) is 4.68 Å². The molecule has 2 N–H and O–H groups in total. The van der Waals surface area contributed by atoms with Gasteiger partial charge in [-0.15, -0.1) is 0 Å². The highest BCUT2D eigenvalue weighted by Gasteiger charge is 2.33. The number of fused-ring (bicyclic) bond motifs is 1. The molecular weight excluding hydrogens is 438 g/mol. The minimum absolute atomic E-state index is 0.183. The van der Waals surface area contributed by atoms with E-state index in [9.17, 15) is 4.79 Å². The third kappa shape index (κ3) is 4.66. The Morgan fingerprint density at radius 1 is 1.03 bits per heavy atom. The first-order valence-corrected chi connectivity index (χ1v) is 11.5. The average molecular weight is 466 g/mol. The van der Waals surface area contributed by atoms with E-state index in [1.165, 1.54) is 6.33 Å². The van der Waals surface area contributed by atoms with E-state index in [0.29, 0.717) is 18.1 Å². The van der Waals surface area contributed by atoms with Crippen molar-refractivity contribution in [3.63, 3.8) is 0 Å². The number of nitrogens with one attached hydrogen (secondary N) is 2. The maximum Gasteiger partial charge on any atom is 0.255 e. The van der Waals surface area contributed by atoms with Crippen LogP contribution in [0, 0.1) is 13.8 Å². The van der Waals surface area contributed by atoms with Crippen molar-refractivity contribution in [3.05, 3.63) is 113 Å². The van der Waals surface area contributed by atoms with Gasteiger partial charge in [0, 0.05) is 11.4 Å². The highest BCUT2D eigenvalue weighted by Crippen LogP contribution is 2.36. The molecule has 1 atom stereocenters. The fourth-order valence-corrected chi connectivity index (χ4v) is 4.32. The molecule has 1 amide bonds. The van der Waals surface area contributed by atoms with Gasteiger partial charge in [0.1, 0.15) is 24.7 Å². The van der Waals surface area contributed by atoms with Crippen molar-refractivity contribution in [1.82, 2.24) is 14.8 Å². The fraction of sp³-hybridized carbons (Fsp3) is 0.179. The number of rotatable bonds is 6. The number of hydrogen-bond acceptors (Lipinski definition) is 5. The van der Waals surface area contributed by atoms with E-state index in [0.717, 1.165) is 39.4 Å². The molecule has 35 heavy (non-hydrogen) atoms. The van der Waals surface area contributed by atoms with E-state index in [1.54, 1.807) is 4.68 Å². The number of nitrogens with zero attached hydrogens (tertiary/aromatic N) is 3. The number of aromatic nitrogens is 3. The van der Waals surface area contributed by atoms with Crippen molar-refractivity contribution < 1.29 is 9.53 Å². The summed E-state index contributed by atoms with van der Waals surface area (Å²) in [6.45, 7) is 6.40. The van der Waals surface area contributed by atoms with Crippen molar-refractivity contribution in [2.75, 3.05) is 10.6 Å². The van der Waals surface area contributed by atoms with Crippen LogP contribution in [0.2, 0.25) is 0 Å². The summed E-state index contributed by atoms with van der Waals surface area (Å²) in [4.78, 5) is 17.9. The molecule has 7 nitrogen and oxygen atoms in total. The van der Waals surface area contributed by atoms with Gasteiger partial charge in [-0.2, -0.15) is 10.1 Å². The first kappa shape index (κ1) is 22.4. The summed E-state index contributed by atoms with van der Waals surface area (Å²) in [5.41, 5.74) is 6.28. The van der Waals surface area contributed by atoms with Gasteiger partial charge in [0.2, 0.25) is 5.95 Å². The van der Waals surface area contributed by atoms with Gasteiger partial charge < -0.3 is 15.4 Å². The van der Waals surface area contributed by atoms with Crippen LogP contribution in [-0.4, -0.2) is 20.7 Å². The van der Waals surface area contributed by atoms with Gasteiger partial charge in [-0.05, 0) is 55.7 Å². The van der Waals surface area contributed by atoms with Crippen LogP contribution in [0.5, 0.6) is 5.75 Å². The Morgan fingerprint density at radius 3 is 2.54 bits per heavy atom. The lowest BCUT2D eigenvalue weighted by atomic mass is 9.94. The number of hydrogen-bond donors (Lipinski definition) is 2. The van der Waals surface area contributed by atoms with Crippen molar-refractivity contribution in [2.45, 2.75) is 33.4 Å². The standard InChI is InChI=1S/C28H27N5O2/c1-18-9-14-24(19(2)15-18)32-27(34)25-20(3)31-28-29-17-30-33(28)26(25)22-10-12-23(13-11-22)35-16-21-7-5-4-6-8-21/h4-15,17,26H,16H2,1-3H3,(H,32,34)(H,29,30,31)/t26-/m1/s1. The zero-order valence-corrected chi connectivity index (χ0v) is 19.9. The van der Waals surface area contributed by atoms with Gasteiger partial charge in [-0.1, -0.05) is 60.2 Å². The molecule has 1 aliphatic rings. The summed E-state index contributed by atoms with van der Waals surface area (Å²) in [6.07, 6.45) is 1.49. The van der Waals surface area contributed by atoms with Crippen molar-refractivity contribution in [3.8, 4) is 5.75 Å². The Kier molecular flexibility index (Phi) is 6.06. The predicted octanol–water partition coefficient (Wildman–Crippen LogP) is 5.40. The molecule has 1 aromatic heterocycles. The number of anilines is 2. The number of ether oxygens (including phenoxy) is 1. The molecule has 0 aliphatic carbocycles. The zero-order chi connectivity index (χ0) is 24.4. The number of aryl methyl sites for hydroxylation is 2. The summed E-state index contributed by atoms with van der Waals surface area (Å²) >= 11 is 0. The molecule has 1 aliphatic heterocycles. The second kappa shape index (κ2) is 9.46. The van der Waals surface area contributed by atoms with Crippen LogP contribution in [0.1, 0.15) is 35.2 Å². The van der Waals surface area contributed by atoms with Gasteiger partial charge in [0.05, 0.1) is 5.57 Å². The third-order valence-corrected chi connectivity index (χ3v) is 6.11. The minimum atomic E-state index is -0.428. The van der Waals surface area contributed by atoms with E-state index >= 15 is 0 Å². The van der Waals surface area contributed by atoms with Crippen LogP contribution >= 0.6 is 0 Å². The van der Waals surface area contributed by atoms with E-state index in [2.05, 4.69) is 26.8 Å². The first-order chi connectivity index (χ1) is 17.0. The molecule has 0 unspecified atom stereocenters. The van der Waals surface area contributed by atoms with E-state index in [4.69, 9.17) is 4.74 Å². The number of carbonyl (C=O) groups is 1. The second-order valence-corrected chi connectivity index (χ2v) is 8.71. The summed E-state index contributed by atoms with van der Waals surface area (Å²) in [5, 5.41) is 10.7. The van der Waals surface area contributed by atoms with Gasteiger partial charge >= 0.3 is 0 Å². The molecular formula is C28H27N5O2. The number of allylic oxidation sites excluding steroid dienone is 1. The summed E-state index contributed by atoms with van der Waals surface area (Å²) in [6, 6.07) is 23.4. The van der Waals surface area contributed by atoms with E-state index < -0.39 is 6.04 Å². The Morgan fingerprint density at radius 2 is 1.80 bits per heavy atom. The summed E-state index contributed by atoms with van der Waals surface area (Å²) in [5.74, 6) is 1.17. The van der Waals surface area contributed by atoms with Crippen LogP contribution in [0.15, 0.2) is 90.4 Å². The van der Waals surface area contributed by atoms with Crippen LogP contribution in [0.3, 0.4) is 0 Å². The van der Waals surface area contributed by atoms with Crippen LogP contribution in [0.4, 0.5) is 11.6 Å². The van der Waals surface area contributed by atoms with Crippen LogP contribution in [-0.2, 0) is 11.4 Å². The number of carbonyl (C=O) groups excluding carboxylic acids is 1. The molecule has 0 saturated carbocycles. The lowest BCUT2D eigenvalue weighted by Crippen LogP contribution is -2.31. The van der Waals surface area contributed by atoms with Gasteiger partial charge in [0.25, 0.3) is 5.91 Å². The van der Waals surface area contributed by atoms with Crippen molar-refractivity contribution >= 4 is 17.5 Å². The minimum Gasteiger partial charge on any atom is -0.489 e. The predicted molar refractivity (Wildman–Crippen MR) is 136 cm³/mol. The van der Waals surface area contributed by atoms with Crippen molar-refractivity contribution in [1.29, 1.82) is 0 Å². The topological polar surface area (TPSA) is 81.1 Å². The first-order valence-electron chi connectivity index (χ1n) is 11.5. The highest BCUT2D eigenvalue weighted by molar-refractivity contribution is 6.06. The number of amides is 1. The van der Waals surface area contributed by atoms with Crippen LogP contribution < -0.4 is 15.4 Å². The molecule has 7 heteroatoms. The third-order valence-electron chi connectivity index (χ3n) is 6.11. The molecule has 0 fully saturated rings. The smallest absolute Gasteiger partial charge is 0.255 e. The maximum absolute atomic E-state index is 13.6. The Hall–Kier alpha value is -4.39. The van der Waals surface area contributed by atoms with Crippen molar-refractivity contribution in [2.24, 2.45) is 0 Å². The average Bonchev–Trinajstić information content (AvgIpc) is 3.32. The van der Waals surface area contributed by atoms with Gasteiger partial charge in [0.15, 0.2) is 0 Å². The molecule has 0 bridgehead atoms. The molecule has 0 radical (unpaired) electrons. The molecule has 4 aromatic rings. The second-order valence-electron chi connectivity index (χ2n) is 8.71. The summed E-state index contributed by atoms with van der Waals surface area (Å²) < 4.78 is 7.69. The van der Waals surface area contributed by atoms with E-state index in [-0.39, 0.29) is 5.91 Å². The largest absolute Gasteiger partial charge is 0.489 e. The Bertz CT molecular complexity index is 1390.